The van der Waals surface area contributed by atoms with Crippen LogP contribution in [-0.4, -0.2) is 11.5 Å². The Morgan fingerprint density at radius 3 is 2.90 bits per heavy atom. The van der Waals surface area contributed by atoms with Gasteiger partial charge < -0.3 is 10.1 Å². The normalized spacial score (nSPS) is 10.6. The summed E-state index contributed by atoms with van der Waals surface area (Å²) in [7, 11) is 0. The molecule has 1 aromatic carbocycles. The molecular weight excluding hydrogens is 279 g/mol. The molecule has 0 unspecified atom stereocenters. The number of ether oxygens (including phenoxy) is 1. The number of hydrogen-bond acceptors (Lipinski definition) is 3. The molecule has 0 amide bonds. The Labute approximate surface area is 122 Å². The number of halogens is 2. The molecule has 3 nitrogen and oxygen atoms in total. The number of rotatable bonds is 6. The Kier molecular flexibility index (Phi) is 5.32. The fourth-order valence-electron chi connectivity index (χ4n) is 1.78. The molecule has 0 atom stereocenters. The summed E-state index contributed by atoms with van der Waals surface area (Å²) in [4.78, 5) is 3.90. The minimum Gasteiger partial charge on any atom is -0.485 e. The molecule has 106 valence electrons. The van der Waals surface area contributed by atoms with E-state index in [9.17, 15) is 4.39 Å². The number of benzene rings is 1. The summed E-state index contributed by atoms with van der Waals surface area (Å²) in [5, 5.41) is 3.67. The summed E-state index contributed by atoms with van der Waals surface area (Å²) in [5.41, 5.74) is 1.57. The van der Waals surface area contributed by atoms with E-state index in [4.69, 9.17) is 16.3 Å². The number of nitrogens with zero attached hydrogens (tertiary/aromatic N) is 1. The molecule has 0 aliphatic carbocycles. The first-order chi connectivity index (χ1) is 9.72. The zero-order chi connectivity index (χ0) is 14.4. The van der Waals surface area contributed by atoms with Gasteiger partial charge in [0, 0.05) is 30.1 Å². The highest BCUT2D eigenvalue weighted by Crippen LogP contribution is 2.25. The second kappa shape index (κ2) is 7.22. The zero-order valence-corrected chi connectivity index (χ0v) is 12.0. The molecule has 0 aliphatic rings. The molecule has 0 saturated carbocycles. The number of nitrogens with one attached hydrogen (secondary N) is 1. The van der Waals surface area contributed by atoms with Crippen LogP contribution in [0, 0.1) is 5.82 Å². The monoisotopic (exact) mass is 294 g/mol. The van der Waals surface area contributed by atoms with Crippen LogP contribution in [0.1, 0.15) is 18.1 Å². The largest absolute Gasteiger partial charge is 0.485 e. The fraction of sp³-hybridized carbons (Fsp3) is 0.267. The van der Waals surface area contributed by atoms with E-state index in [0.29, 0.717) is 11.6 Å². The molecule has 1 N–H and O–H groups in total. The van der Waals surface area contributed by atoms with Crippen LogP contribution in [0.2, 0.25) is 5.02 Å². The van der Waals surface area contributed by atoms with Crippen LogP contribution in [0.4, 0.5) is 4.39 Å². The summed E-state index contributed by atoms with van der Waals surface area (Å²) >= 11 is 6.01. The molecule has 5 heteroatoms. The summed E-state index contributed by atoms with van der Waals surface area (Å²) in [6.07, 6.45) is 3.17. The van der Waals surface area contributed by atoms with E-state index in [-0.39, 0.29) is 18.2 Å². The van der Waals surface area contributed by atoms with Crippen molar-refractivity contribution in [2.45, 2.75) is 20.1 Å². The maximum atomic E-state index is 13.9. The van der Waals surface area contributed by atoms with E-state index >= 15 is 0 Å². The third-order valence-electron chi connectivity index (χ3n) is 2.84. The second-order valence-corrected chi connectivity index (χ2v) is 4.67. The number of pyridine rings is 1. The van der Waals surface area contributed by atoms with Crippen molar-refractivity contribution in [3.05, 3.63) is 58.6 Å². The molecule has 2 rings (SSSR count). The highest BCUT2D eigenvalue weighted by molar-refractivity contribution is 6.31. The van der Waals surface area contributed by atoms with Gasteiger partial charge in [-0.3, -0.25) is 4.98 Å². The van der Waals surface area contributed by atoms with Crippen LogP contribution in [-0.2, 0) is 13.2 Å². The van der Waals surface area contributed by atoms with Crippen LogP contribution in [0.3, 0.4) is 0 Å². The van der Waals surface area contributed by atoms with E-state index in [0.717, 1.165) is 17.7 Å². The summed E-state index contributed by atoms with van der Waals surface area (Å²) in [6, 6.07) is 6.66. The van der Waals surface area contributed by atoms with Crippen LogP contribution < -0.4 is 10.1 Å². The molecule has 0 aliphatic heterocycles. The highest BCUT2D eigenvalue weighted by Gasteiger charge is 2.10. The predicted molar refractivity (Wildman–Crippen MR) is 77.4 cm³/mol. The molecule has 1 aromatic heterocycles. The lowest BCUT2D eigenvalue weighted by Gasteiger charge is -2.13. The Bertz CT molecular complexity index is 578. The number of hydrogen-bond donors (Lipinski definition) is 1. The zero-order valence-electron chi connectivity index (χ0n) is 11.2. The van der Waals surface area contributed by atoms with Gasteiger partial charge in [0.1, 0.15) is 6.61 Å². The molecule has 2 aromatic rings. The maximum Gasteiger partial charge on any atom is 0.165 e. The lowest BCUT2D eigenvalue weighted by Crippen LogP contribution is -2.13. The first-order valence-corrected chi connectivity index (χ1v) is 6.79. The van der Waals surface area contributed by atoms with Crippen molar-refractivity contribution in [1.82, 2.24) is 10.3 Å². The molecule has 0 radical (unpaired) electrons. The van der Waals surface area contributed by atoms with E-state index in [1.165, 1.54) is 6.07 Å². The summed E-state index contributed by atoms with van der Waals surface area (Å²) in [5.74, 6) is -0.105. The van der Waals surface area contributed by atoms with Gasteiger partial charge in [-0.15, -0.1) is 0 Å². The van der Waals surface area contributed by atoms with Gasteiger partial charge in [-0.25, -0.2) is 4.39 Å². The van der Waals surface area contributed by atoms with E-state index in [1.807, 2.05) is 13.0 Å². The Morgan fingerprint density at radius 2 is 2.15 bits per heavy atom. The molecule has 0 bridgehead atoms. The van der Waals surface area contributed by atoms with Crippen molar-refractivity contribution in [1.29, 1.82) is 0 Å². The minimum atomic E-state index is -0.370. The van der Waals surface area contributed by atoms with Gasteiger partial charge in [0.05, 0.1) is 5.02 Å². The SMILES string of the molecule is CCNCc1cccc(F)c1OCc1ccncc1Cl. The van der Waals surface area contributed by atoms with Crippen LogP contribution >= 0.6 is 11.6 Å². The predicted octanol–water partition coefficient (Wildman–Crippen LogP) is 3.56. The van der Waals surface area contributed by atoms with Crippen LogP contribution in [0.5, 0.6) is 5.75 Å². The van der Waals surface area contributed by atoms with Crippen molar-refractivity contribution in [3.8, 4) is 5.75 Å². The third-order valence-corrected chi connectivity index (χ3v) is 3.18. The second-order valence-electron chi connectivity index (χ2n) is 4.26. The van der Waals surface area contributed by atoms with E-state index in [1.54, 1.807) is 24.5 Å². The van der Waals surface area contributed by atoms with Gasteiger partial charge in [0.15, 0.2) is 11.6 Å². The molecular formula is C15H16ClFN2O. The lowest BCUT2D eigenvalue weighted by atomic mass is 10.2. The van der Waals surface area contributed by atoms with Crippen molar-refractivity contribution in [2.75, 3.05) is 6.54 Å². The molecule has 0 saturated heterocycles. The molecule has 20 heavy (non-hydrogen) atoms. The van der Waals surface area contributed by atoms with E-state index < -0.39 is 0 Å². The van der Waals surface area contributed by atoms with E-state index in [2.05, 4.69) is 10.3 Å². The first kappa shape index (κ1) is 14.8. The standard InChI is InChI=1S/C15H16ClFN2O/c1-2-18-8-11-4-3-5-14(17)15(11)20-10-12-6-7-19-9-13(12)16/h3-7,9,18H,2,8,10H2,1H3. The van der Waals surface area contributed by atoms with Gasteiger partial charge >= 0.3 is 0 Å². The smallest absolute Gasteiger partial charge is 0.165 e. The summed E-state index contributed by atoms with van der Waals surface area (Å²) in [6.45, 7) is 3.58. The first-order valence-electron chi connectivity index (χ1n) is 6.41. The highest BCUT2D eigenvalue weighted by atomic mass is 35.5. The minimum absolute atomic E-state index is 0.210. The van der Waals surface area contributed by atoms with Crippen LogP contribution in [0.25, 0.3) is 0 Å². The Balaban J connectivity index is 2.14. The third kappa shape index (κ3) is 3.68. The molecule has 1 heterocycles. The van der Waals surface area contributed by atoms with Crippen molar-refractivity contribution >= 4 is 11.6 Å². The van der Waals surface area contributed by atoms with Crippen molar-refractivity contribution < 1.29 is 9.13 Å². The maximum absolute atomic E-state index is 13.9. The summed E-state index contributed by atoms with van der Waals surface area (Å²) < 4.78 is 19.5. The van der Waals surface area contributed by atoms with Crippen LogP contribution in [0.15, 0.2) is 36.7 Å². The van der Waals surface area contributed by atoms with Gasteiger partial charge in [-0.2, -0.15) is 0 Å². The Hall–Kier alpha value is -1.65. The topological polar surface area (TPSA) is 34.1 Å². The number of aromatic nitrogens is 1. The average Bonchev–Trinajstić information content (AvgIpc) is 2.45. The average molecular weight is 295 g/mol. The van der Waals surface area contributed by atoms with Crippen molar-refractivity contribution in [2.24, 2.45) is 0 Å². The molecule has 0 fully saturated rings. The molecule has 0 spiro atoms. The van der Waals surface area contributed by atoms with Gasteiger partial charge in [-0.05, 0) is 18.7 Å². The van der Waals surface area contributed by atoms with Gasteiger partial charge in [0.2, 0.25) is 0 Å². The van der Waals surface area contributed by atoms with Gasteiger partial charge in [-0.1, -0.05) is 30.7 Å². The lowest BCUT2D eigenvalue weighted by molar-refractivity contribution is 0.286. The quantitative estimate of drug-likeness (QED) is 0.884. The van der Waals surface area contributed by atoms with Crippen molar-refractivity contribution in [3.63, 3.8) is 0 Å². The fourth-order valence-corrected chi connectivity index (χ4v) is 1.96. The Morgan fingerprint density at radius 1 is 1.30 bits per heavy atom. The van der Waals surface area contributed by atoms with Gasteiger partial charge in [0.25, 0.3) is 0 Å². The number of para-hydroxylation sites is 1.